The lowest BCUT2D eigenvalue weighted by Gasteiger charge is -2.44. The monoisotopic (exact) mass is 412 g/mol. The van der Waals surface area contributed by atoms with Crippen molar-refractivity contribution in [3.63, 3.8) is 0 Å². The Bertz CT molecular complexity index is 1260. The summed E-state index contributed by atoms with van der Waals surface area (Å²) < 4.78 is 13.4. The molecule has 0 saturated carbocycles. The summed E-state index contributed by atoms with van der Waals surface area (Å²) >= 11 is 2.88. The van der Waals surface area contributed by atoms with Crippen LogP contribution in [0.1, 0.15) is 23.4 Å². The summed E-state index contributed by atoms with van der Waals surface area (Å²) in [4.78, 5) is 32.2. The first-order valence-electron chi connectivity index (χ1n) is 8.74. The molecule has 2 aliphatic heterocycles. The molecule has 0 saturated heterocycles. The van der Waals surface area contributed by atoms with Crippen molar-refractivity contribution >= 4 is 34.7 Å². The van der Waals surface area contributed by atoms with Crippen LogP contribution in [0.5, 0.6) is 5.75 Å². The summed E-state index contributed by atoms with van der Waals surface area (Å²) in [6, 6.07) is 10.8. The number of thiophene rings is 1. The van der Waals surface area contributed by atoms with Crippen LogP contribution >= 0.6 is 22.7 Å². The number of carbonyl (C=O) groups is 1. The zero-order valence-electron chi connectivity index (χ0n) is 15.1. The van der Waals surface area contributed by atoms with E-state index in [0.29, 0.717) is 15.1 Å². The summed E-state index contributed by atoms with van der Waals surface area (Å²) in [5, 5.41) is 1.97. The van der Waals surface area contributed by atoms with E-state index in [-0.39, 0.29) is 5.56 Å². The molecule has 0 spiro atoms. The molecule has 6 nitrogen and oxygen atoms in total. The van der Waals surface area contributed by atoms with E-state index in [0.717, 1.165) is 10.4 Å². The molecule has 142 valence electrons. The van der Waals surface area contributed by atoms with Gasteiger partial charge in [0.2, 0.25) is 5.72 Å². The highest BCUT2D eigenvalue weighted by molar-refractivity contribution is 7.11. The van der Waals surface area contributed by atoms with E-state index in [1.54, 1.807) is 22.8 Å². The molecule has 3 aromatic rings. The van der Waals surface area contributed by atoms with E-state index in [1.807, 2.05) is 47.9 Å². The summed E-state index contributed by atoms with van der Waals surface area (Å²) in [7, 11) is 1.34. The van der Waals surface area contributed by atoms with Crippen molar-refractivity contribution in [2.75, 3.05) is 7.11 Å². The molecule has 2 unspecified atom stereocenters. The van der Waals surface area contributed by atoms with Crippen LogP contribution in [0.25, 0.3) is 6.08 Å². The van der Waals surface area contributed by atoms with Crippen molar-refractivity contribution in [1.29, 1.82) is 0 Å². The van der Waals surface area contributed by atoms with Gasteiger partial charge in [-0.25, -0.2) is 4.99 Å². The summed E-state index contributed by atoms with van der Waals surface area (Å²) in [6.45, 7) is 1.77. The van der Waals surface area contributed by atoms with E-state index in [2.05, 4.69) is 0 Å². The average Bonchev–Trinajstić information content (AvgIpc) is 3.28. The van der Waals surface area contributed by atoms with Gasteiger partial charge in [0.1, 0.15) is 11.7 Å². The van der Waals surface area contributed by atoms with Crippen molar-refractivity contribution in [1.82, 2.24) is 4.57 Å². The van der Waals surface area contributed by atoms with Gasteiger partial charge < -0.3 is 9.47 Å². The lowest BCUT2D eigenvalue weighted by atomic mass is 9.81. The van der Waals surface area contributed by atoms with Crippen LogP contribution in [-0.4, -0.2) is 23.4 Å². The fourth-order valence-corrected chi connectivity index (χ4v) is 5.76. The molecule has 3 atom stereocenters. The number of benzene rings is 1. The lowest BCUT2D eigenvalue weighted by molar-refractivity contribution is -0.158. The van der Waals surface area contributed by atoms with Crippen LogP contribution in [-0.2, 0) is 9.53 Å². The van der Waals surface area contributed by atoms with E-state index in [9.17, 15) is 9.59 Å². The molecule has 0 amide bonds. The molecule has 0 fully saturated rings. The highest BCUT2D eigenvalue weighted by atomic mass is 32.1. The number of rotatable bonds is 2. The number of hydrogen-bond acceptors (Lipinski definition) is 7. The maximum atomic E-state index is 13.3. The van der Waals surface area contributed by atoms with Crippen molar-refractivity contribution in [3.8, 4) is 5.75 Å². The van der Waals surface area contributed by atoms with Gasteiger partial charge in [0.15, 0.2) is 4.80 Å². The topological polar surface area (TPSA) is 69.9 Å². The van der Waals surface area contributed by atoms with Gasteiger partial charge in [-0.3, -0.25) is 14.2 Å². The third kappa shape index (κ3) is 2.41. The first-order valence-corrected chi connectivity index (χ1v) is 10.4. The maximum Gasteiger partial charge on any atom is 0.317 e. The number of aromatic nitrogens is 1. The van der Waals surface area contributed by atoms with Crippen LogP contribution in [0.3, 0.4) is 0 Å². The van der Waals surface area contributed by atoms with Gasteiger partial charge in [0, 0.05) is 10.4 Å². The van der Waals surface area contributed by atoms with Gasteiger partial charge in [-0.15, -0.1) is 11.3 Å². The molecule has 2 aromatic heterocycles. The van der Waals surface area contributed by atoms with Crippen LogP contribution in [0.2, 0.25) is 0 Å². The number of para-hydroxylation sites is 1. The number of hydrogen-bond donors (Lipinski definition) is 0. The van der Waals surface area contributed by atoms with Crippen molar-refractivity contribution in [2.24, 2.45) is 10.9 Å². The zero-order valence-corrected chi connectivity index (χ0v) is 16.8. The van der Waals surface area contributed by atoms with Gasteiger partial charge in [-0.1, -0.05) is 35.6 Å². The van der Waals surface area contributed by atoms with Crippen LogP contribution < -0.4 is 19.6 Å². The predicted molar refractivity (Wildman–Crippen MR) is 106 cm³/mol. The molecule has 0 radical (unpaired) electrons. The predicted octanol–water partition coefficient (Wildman–Crippen LogP) is 1.92. The summed E-state index contributed by atoms with van der Waals surface area (Å²) in [6.07, 6.45) is 1.87. The summed E-state index contributed by atoms with van der Waals surface area (Å²) in [5.74, 6) is -0.563. The molecule has 0 N–H and O–H groups in total. The van der Waals surface area contributed by atoms with Crippen LogP contribution in [0, 0.1) is 5.92 Å². The molecule has 0 aliphatic carbocycles. The van der Waals surface area contributed by atoms with Gasteiger partial charge in [-0.05, 0) is 30.5 Å². The average molecular weight is 412 g/mol. The van der Waals surface area contributed by atoms with Crippen molar-refractivity contribution in [3.05, 3.63) is 71.9 Å². The largest absolute Gasteiger partial charge is 0.469 e. The van der Waals surface area contributed by atoms with E-state index < -0.39 is 23.7 Å². The lowest BCUT2D eigenvalue weighted by Crippen LogP contribution is -2.58. The maximum absolute atomic E-state index is 13.3. The van der Waals surface area contributed by atoms with Gasteiger partial charge in [-0.2, -0.15) is 0 Å². The molecule has 4 heterocycles. The molecular formula is C20H16N2O4S2. The SMILES string of the molecule is COC(=O)C1C2c3ccccc3O[C@@]1(C)N=c1sc(=Cc3cccs3)c(=O)n12. The van der Waals surface area contributed by atoms with Gasteiger partial charge in [0.05, 0.1) is 17.7 Å². The minimum atomic E-state index is -1.14. The fraction of sp³-hybridized carbons (Fsp3) is 0.250. The number of fused-ring (bicyclic) bond motifs is 6. The Morgan fingerprint density at radius 2 is 2.14 bits per heavy atom. The number of thiazole rings is 1. The number of esters is 1. The van der Waals surface area contributed by atoms with Crippen molar-refractivity contribution in [2.45, 2.75) is 18.7 Å². The van der Waals surface area contributed by atoms with Crippen molar-refractivity contribution < 1.29 is 14.3 Å². The smallest absolute Gasteiger partial charge is 0.317 e. The second-order valence-corrected chi connectivity index (χ2v) is 8.82. The van der Waals surface area contributed by atoms with E-state index in [4.69, 9.17) is 14.5 Å². The Balaban J connectivity index is 1.83. The van der Waals surface area contributed by atoms with Gasteiger partial charge in [0.25, 0.3) is 5.56 Å². The first-order chi connectivity index (χ1) is 13.5. The fourth-order valence-electron chi connectivity index (χ4n) is 3.93. The Hall–Kier alpha value is -2.71. The number of methoxy groups -OCH3 is 1. The minimum Gasteiger partial charge on any atom is -0.469 e. The normalized spacial score (nSPS) is 25.3. The second-order valence-electron chi connectivity index (χ2n) is 6.84. The number of ether oxygens (including phenoxy) is 2. The molecule has 1 aromatic carbocycles. The Labute approximate surface area is 168 Å². The second kappa shape index (κ2) is 6.15. The highest BCUT2D eigenvalue weighted by Gasteiger charge is 2.55. The molecule has 28 heavy (non-hydrogen) atoms. The Morgan fingerprint density at radius 3 is 2.89 bits per heavy atom. The molecule has 2 bridgehead atoms. The minimum absolute atomic E-state index is 0.158. The van der Waals surface area contributed by atoms with Crippen LogP contribution in [0.4, 0.5) is 0 Å². The third-order valence-electron chi connectivity index (χ3n) is 5.15. The number of nitrogens with zero attached hydrogens (tertiary/aromatic N) is 2. The van der Waals surface area contributed by atoms with E-state index >= 15 is 0 Å². The Morgan fingerprint density at radius 1 is 1.32 bits per heavy atom. The molecule has 2 aliphatic rings. The molecule has 8 heteroatoms. The molecule has 5 rings (SSSR count). The quantitative estimate of drug-likeness (QED) is 0.603. The Kier molecular flexibility index (Phi) is 3.82. The number of carbonyl (C=O) groups excluding carboxylic acids is 1. The third-order valence-corrected chi connectivity index (χ3v) is 6.95. The standard InChI is InChI=1S/C20H16N2O4S2/c1-20-15(18(24)25-2)16(12-7-3-4-8-13(12)26-20)22-17(23)14(28-19(22)21-20)10-11-6-5-9-27-11/h3-10,15-16H,1-2H3/t15?,16?,20-/m1/s1. The van der Waals surface area contributed by atoms with E-state index in [1.165, 1.54) is 18.4 Å². The van der Waals surface area contributed by atoms with Gasteiger partial charge >= 0.3 is 5.97 Å². The highest BCUT2D eigenvalue weighted by Crippen LogP contribution is 2.47. The molecular weight excluding hydrogens is 396 g/mol. The first kappa shape index (κ1) is 17.4. The zero-order chi connectivity index (χ0) is 19.5. The van der Waals surface area contributed by atoms with Crippen LogP contribution in [0.15, 0.2) is 51.6 Å². The summed E-state index contributed by atoms with van der Waals surface area (Å²) in [5.41, 5.74) is -0.507.